The second kappa shape index (κ2) is 4.94. The summed E-state index contributed by atoms with van der Waals surface area (Å²) in [5.41, 5.74) is 2.09. The highest BCUT2D eigenvalue weighted by molar-refractivity contribution is 5.81. The van der Waals surface area contributed by atoms with Gasteiger partial charge in [0.05, 0.1) is 18.1 Å². The summed E-state index contributed by atoms with van der Waals surface area (Å²) < 4.78 is 4.14. The van der Waals surface area contributed by atoms with Crippen molar-refractivity contribution in [3.05, 3.63) is 24.4 Å². The fourth-order valence-electron chi connectivity index (χ4n) is 4.10. The molecule has 1 saturated heterocycles. The molecule has 6 heteroatoms. The van der Waals surface area contributed by atoms with Crippen LogP contribution in [0.25, 0.3) is 11.3 Å². The second-order valence-electron chi connectivity index (χ2n) is 8.45. The molecule has 1 atom stereocenters. The highest BCUT2D eigenvalue weighted by Crippen LogP contribution is 2.43. The molecule has 0 saturated carbocycles. The van der Waals surface area contributed by atoms with Crippen LogP contribution in [-0.4, -0.2) is 43.2 Å². The Kier molecular flexibility index (Phi) is 3.18. The number of nitrogens with zero attached hydrogens (tertiary/aromatic N) is 5. The van der Waals surface area contributed by atoms with Gasteiger partial charge in [-0.2, -0.15) is 5.10 Å². The Morgan fingerprint density at radius 3 is 2.71 bits per heavy atom. The van der Waals surface area contributed by atoms with E-state index in [1.165, 1.54) is 0 Å². The number of imidazole rings is 1. The fourth-order valence-corrected chi connectivity index (χ4v) is 4.10. The average molecular weight is 327 g/mol. The van der Waals surface area contributed by atoms with Crippen LogP contribution in [0.2, 0.25) is 0 Å². The quantitative estimate of drug-likeness (QED) is 0.806. The van der Waals surface area contributed by atoms with Crippen LogP contribution in [0.1, 0.15) is 33.0 Å². The van der Waals surface area contributed by atoms with E-state index < -0.39 is 0 Å². The van der Waals surface area contributed by atoms with E-state index in [1.54, 1.807) is 0 Å². The zero-order valence-electron chi connectivity index (χ0n) is 14.9. The van der Waals surface area contributed by atoms with Crippen molar-refractivity contribution >= 4 is 5.91 Å². The maximum atomic E-state index is 12.6. The third-order valence-electron chi connectivity index (χ3n) is 5.33. The summed E-state index contributed by atoms with van der Waals surface area (Å²) in [6.07, 6.45) is 7.89. The van der Waals surface area contributed by atoms with Gasteiger partial charge in [0.25, 0.3) is 0 Å². The molecule has 2 aliphatic rings. The molecular formula is C18H25N5O. The van der Waals surface area contributed by atoms with Gasteiger partial charge < -0.3 is 9.47 Å². The summed E-state index contributed by atoms with van der Waals surface area (Å²) in [5.74, 6) is 1.40. The second-order valence-corrected chi connectivity index (χ2v) is 8.45. The van der Waals surface area contributed by atoms with Gasteiger partial charge in [0.1, 0.15) is 5.82 Å². The molecule has 1 unspecified atom stereocenters. The number of likely N-dealkylation sites (tertiary alicyclic amines) is 1. The van der Waals surface area contributed by atoms with E-state index >= 15 is 0 Å². The van der Waals surface area contributed by atoms with Crippen molar-refractivity contribution in [2.75, 3.05) is 13.1 Å². The minimum absolute atomic E-state index is 0.154. The lowest BCUT2D eigenvalue weighted by molar-refractivity contribution is -0.138. The first-order chi connectivity index (χ1) is 11.3. The third kappa shape index (κ3) is 2.36. The first-order valence-electron chi connectivity index (χ1n) is 8.60. The maximum absolute atomic E-state index is 12.6. The van der Waals surface area contributed by atoms with Crippen LogP contribution in [-0.2, 0) is 24.8 Å². The molecule has 1 fully saturated rings. The summed E-state index contributed by atoms with van der Waals surface area (Å²) in [4.78, 5) is 19.3. The Balaban J connectivity index is 1.56. The number of carbonyl (C=O) groups excluding carboxylic acids is 1. The Morgan fingerprint density at radius 1 is 1.25 bits per heavy atom. The molecule has 6 nitrogen and oxygen atoms in total. The summed E-state index contributed by atoms with van der Waals surface area (Å²) in [7, 11) is 1.93. The van der Waals surface area contributed by atoms with Crippen LogP contribution in [0.3, 0.4) is 0 Å². The predicted molar refractivity (Wildman–Crippen MR) is 91.2 cm³/mol. The van der Waals surface area contributed by atoms with Crippen molar-refractivity contribution in [3.63, 3.8) is 0 Å². The van der Waals surface area contributed by atoms with Gasteiger partial charge in [0.15, 0.2) is 0 Å². The number of rotatable bonds is 1. The molecule has 24 heavy (non-hydrogen) atoms. The van der Waals surface area contributed by atoms with Crippen molar-refractivity contribution in [2.45, 2.75) is 40.2 Å². The molecule has 0 radical (unpaired) electrons. The monoisotopic (exact) mass is 327 g/mol. The minimum atomic E-state index is -0.307. The molecule has 2 aliphatic heterocycles. The average Bonchev–Trinajstić information content (AvgIpc) is 3.23. The van der Waals surface area contributed by atoms with Crippen LogP contribution in [0, 0.1) is 10.8 Å². The molecule has 4 heterocycles. The lowest BCUT2D eigenvalue weighted by Crippen LogP contribution is -2.39. The van der Waals surface area contributed by atoms with Crippen LogP contribution in [0.4, 0.5) is 0 Å². The maximum Gasteiger partial charge on any atom is 0.227 e. The van der Waals surface area contributed by atoms with Crippen LogP contribution >= 0.6 is 0 Å². The summed E-state index contributed by atoms with van der Waals surface area (Å²) >= 11 is 0. The highest BCUT2D eigenvalue weighted by Gasteiger charge is 2.46. The molecule has 4 rings (SSSR count). The van der Waals surface area contributed by atoms with E-state index in [9.17, 15) is 4.79 Å². The van der Waals surface area contributed by atoms with Crippen molar-refractivity contribution in [3.8, 4) is 11.3 Å². The largest absolute Gasteiger partial charge is 0.342 e. The first-order valence-corrected chi connectivity index (χ1v) is 8.60. The number of amides is 1. The zero-order chi connectivity index (χ0) is 17.1. The smallest absolute Gasteiger partial charge is 0.227 e. The van der Waals surface area contributed by atoms with Crippen LogP contribution in [0.5, 0.6) is 0 Å². The van der Waals surface area contributed by atoms with Crippen molar-refractivity contribution < 1.29 is 4.79 Å². The SMILES string of the molecule is Cn1cc(-c2cnc3n2CC2(CCN(C(=O)C(C)(C)C)C2)C3)cn1. The topological polar surface area (TPSA) is 56.0 Å². The fraction of sp³-hybridized carbons (Fsp3) is 0.611. The highest BCUT2D eigenvalue weighted by atomic mass is 16.2. The standard InChI is InChI=1S/C18H25N5O/c1-17(2,3)16(24)22-6-5-18(11-22)7-15-19-9-14(23(15)12-18)13-8-20-21(4)10-13/h8-10H,5-7,11-12H2,1-4H3. The Labute approximate surface area is 142 Å². The summed E-state index contributed by atoms with van der Waals surface area (Å²) in [6, 6.07) is 0. The van der Waals surface area contributed by atoms with Gasteiger partial charge in [0.2, 0.25) is 5.91 Å². The van der Waals surface area contributed by atoms with Gasteiger partial charge in [0, 0.05) is 55.7 Å². The third-order valence-corrected chi connectivity index (χ3v) is 5.33. The van der Waals surface area contributed by atoms with E-state index in [-0.39, 0.29) is 16.7 Å². The molecule has 0 bridgehead atoms. The Hall–Kier alpha value is -2.11. The molecule has 0 aromatic carbocycles. The molecule has 1 spiro atoms. The van der Waals surface area contributed by atoms with Gasteiger partial charge in [-0.15, -0.1) is 0 Å². The zero-order valence-corrected chi connectivity index (χ0v) is 14.9. The van der Waals surface area contributed by atoms with Gasteiger partial charge in [-0.25, -0.2) is 4.98 Å². The Morgan fingerprint density at radius 2 is 2.04 bits per heavy atom. The summed E-state index contributed by atoms with van der Waals surface area (Å²) in [5, 5.41) is 4.27. The van der Waals surface area contributed by atoms with E-state index in [2.05, 4.69) is 19.5 Å². The molecule has 0 N–H and O–H groups in total. The molecular weight excluding hydrogens is 302 g/mol. The Bertz CT molecular complexity index is 797. The number of aryl methyl sites for hydroxylation is 1. The van der Waals surface area contributed by atoms with Crippen molar-refractivity contribution in [1.29, 1.82) is 0 Å². The molecule has 2 aromatic rings. The molecule has 0 aliphatic carbocycles. The van der Waals surface area contributed by atoms with Crippen molar-refractivity contribution in [2.24, 2.45) is 17.9 Å². The minimum Gasteiger partial charge on any atom is -0.342 e. The van der Waals surface area contributed by atoms with Gasteiger partial charge >= 0.3 is 0 Å². The van der Waals surface area contributed by atoms with Gasteiger partial charge in [-0.1, -0.05) is 20.8 Å². The van der Waals surface area contributed by atoms with E-state index in [0.717, 1.165) is 49.6 Å². The van der Waals surface area contributed by atoms with E-state index in [4.69, 9.17) is 0 Å². The molecule has 1 amide bonds. The number of hydrogen-bond acceptors (Lipinski definition) is 3. The first kappa shape index (κ1) is 15.4. The lowest BCUT2D eigenvalue weighted by atomic mass is 9.85. The number of carbonyl (C=O) groups is 1. The van der Waals surface area contributed by atoms with Crippen LogP contribution < -0.4 is 0 Å². The molecule has 2 aromatic heterocycles. The van der Waals surface area contributed by atoms with Crippen LogP contribution in [0.15, 0.2) is 18.6 Å². The normalized spacial score (nSPS) is 23.2. The predicted octanol–water partition coefficient (Wildman–Crippen LogP) is 2.10. The molecule has 128 valence electrons. The van der Waals surface area contributed by atoms with E-state index in [1.807, 2.05) is 51.1 Å². The number of aromatic nitrogens is 4. The van der Waals surface area contributed by atoms with E-state index in [0.29, 0.717) is 0 Å². The van der Waals surface area contributed by atoms with Gasteiger partial charge in [-0.3, -0.25) is 9.48 Å². The number of hydrogen-bond donors (Lipinski definition) is 0. The van der Waals surface area contributed by atoms with Crippen molar-refractivity contribution in [1.82, 2.24) is 24.2 Å². The summed E-state index contributed by atoms with van der Waals surface area (Å²) in [6.45, 7) is 8.66. The lowest BCUT2D eigenvalue weighted by Gasteiger charge is -2.28. The van der Waals surface area contributed by atoms with Gasteiger partial charge in [-0.05, 0) is 6.42 Å². The number of fused-ring (bicyclic) bond motifs is 1.